The van der Waals surface area contributed by atoms with Crippen LogP contribution in [0.1, 0.15) is 36.0 Å². The predicted molar refractivity (Wildman–Crippen MR) is 77.8 cm³/mol. The van der Waals surface area contributed by atoms with Crippen LogP contribution in [0.5, 0.6) is 0 Å². The molecule has 0 N–H and O–H groups in total. The Balaban J connectivity index is 1.87. The van der Waals surface area contributed by atoms with Crippen molar-refractivity contribution in [3.8, 4) is 0 Å². The first-order valence-corrected chi connectivity index (χ1v) is 7.87. The molecule has 1 fully saturated rings. The lowest BCUT2D eigenvalue weighted by Gasteiger charge is -2.32. The normalized spacial score (nSPS) is 23.1. The number of amides is 1. The minimum Gasteiger partial charge on any atom is -0.310 e. The van der Waals surface area contributed by atoms with Gasteiger partial charge in [-0.2, -0.15) is 0 Å². The first-order chi connectivity index (χ1) is 9.27. The fourth-order valence-electron chi connectivity index (χ4n) is 2.75. The van der Waals surface area contributed by atoms with Crippen molar-refractivity contribution in [2.24, 2.45) is 0 Å². The van der Waals surface area contributed by atoms with E-state index < -0.39 is 0 Å². The zero-order valence-corrected chi connectivity index (χ0v) is 11.6. The monoisotopic (exact) mass is 275 g/mol. The van der Waals surface area contributed by atoms with E-state index in [0.29, 0.717) is 18.5 Å². The number of anilines is 1. The van der Waals surface area contributed by atoms with E-state index in [1.807, 2.05) is 29.2 Å². The Kier molecular flexibility index (Phi) is 3.60. The molecule has 1 unspecified atom stereocenters. The minimum absolute atomic E-state index is 0.0787. The number of rotatable bonds is 1. The molecule has 3 rings (SSSR count). The summed E-state index contributed by atoms with van der Waals surface area (Å²) in [6, 6.07) is 7.47. The number of para-hydroxylation sites is 1. The van der Waals surface area contributed by atoms with Gasteiger partial charge < -0.3 is 4.90 Å². The summed E-state index contributed by atoms with van der Waals surface area (Å²) in [6.45, 7) is 0.533. The van der Waals surface area contributed by atoms with Crippen molar-refractivity contribution < 1.29 is 9.59 Å². The highest BCUT2D eigenvalue weighted by Gasteiger charge is 2.32. The molecule has 0 saturated carbocycles. The lowest BCUT2D eigenvalue weighted by molar-refractivity contribution is -0.118. The van der Waals surface area contributed by atoms with Gasteiger partial charge >= 0.3 is 0 Å². The van der Waals surface area contributed by atoms with Crippen LogP contribution in [-0.4, -0.2) is 29.2 Å². The number of nitrogens with zero attached hydrogens (tertiary/aromatic N) is 1. The molecule has 1 atom stereocenters. The number of carbonyl (C=O) groups excluding carboxylic acids is 2. The van der Waals surface area contributed by atoms with Crippen LogP contribution in [0.4, 0.5) is 5.69 Å². The molecular weight excluding hydrogens is 258 g/mol. The highest BCUT2D eigenvalue weighted by atomic mass is 32.2. The Morgan fingerprint density at radius 2 is 2.11 bits per heavy atom. The van der Waals surface area contributed by atoms with E-state index >= 15 is 0 Å². The van der Waals surface area contributed by atoms with Crippen molar-refractivity contribution in [1.82, 2.24) is 0 Å². The van der Waals surface area contributed by atoms with E-state index in [4.69, 9.17) is 0 Å². The predicted octanol–water partition coefficient (Wildman–Crippen LogP) is 2.89. The van der Waals surface area contributed by atoms with E-state index in [0.717, 1.165) is 24.3 Å². The van der Waals surface area contributed by atoms with Crippen LogP contribution in [0, 0.1) is 0 Å². The van der Waals surface area contributed by atoms with Crippen LogP contribution in [0.25, 0.3) is 0 Å². The average molecular weight is 275 g/mol. The van der Waals surface area contributed by atoms with E-state index in [9.17, 15) is 9.59 Å². The summed E-state index contributed by atoms with van der Waals surface area (Å²) in [7, 11) is 0. The molecule has 0 radical (unpaired) electrons. The van der Waals surface area contributed by atoms with Gasteiger partial charge in [0, 0.05) is 18.5 Å². The third kappa shape index (κ3) is 2.41. The van der Waals surface area contributed by atoms with Crippen LogP contribution in [0.3, 0.4) is 0 Å². The Hall–Kier alpha value is -1.29. The molecule has 0 aliphatic carbocycles. The molecule has 100 valence electrons. The summed E-state index contributed by atoms with van der Waals surface area (Å²) >= 11 is 1.76. The highest BCUT2D eigenvalue weighted by molar-refractivity contribution is 8.00. The minimum atomic E-state index is 0.0787. The molecule has 2 aliphatic rings. The number of thioether (sulfide) groups is 1. The quantitative estimate of drug-likeness (QED) is 0.791. The first-order valence-electron chi connectivity index (χ1n) is 6.82. The maximum atomic E-state index is 12.6. The molecule has 4 heteroatoms. The first kappa shape index (κ1) is 12.7. The van der Waals surface area contributed by atoms with Crippen molar-refractivity contribution >= 4 is 29.1 Å². The highest BCUT2D eigenvalue weighted by Crippen LogP contribution is 2.32. The Bertz CT molecular complexity index is 509. The second kappa shape index (κ2) is 5.37. The number of carbonyl (C=O) groups is 2. The van der Waals surface area contributed by atoms with Crippen LogP contribution >= 0.6 is 11.8 Å². The Morgan fingerprint density at radius 1 is 1.26 bits per heavy atom. The summed E-state index contributed by atoms with van der Waals surface area (Å²) in [5.41, 5.74) is 1.50. The van der Waals surface area contributed by atoms with Crippen molar-refractivity contribution in [1.29, 1.82) is 0 Å². The lowest BCUT2D eigenvalue weighted by atomic mass is 9.99. The van der Waals surface area contributed by atoms with Gasteiger partial charge in [-0.25, -0.2) is 0 Å². The molecule has 19 heavy (non-hydrogen) atoms. The van der Waals surface area contributed by atoms with Crippen molar-refractivity contribution in [3.05, 3.63) is 29.8 Å². The number of fused-ring (bicyclic) bond motifs is 1. The number of hydrogen-bond donors (Lipinski definition) is 0. The molecular formula is C15H17NO2S. The Morgan fingerprint density at radius 3 is 2.89 bits per heavy atom. The number of benzene rings is 1. The fraction of sp³-hybridized carbons (Fsp3) is 0.467. The van der Waals surface area contributed by atoms with Crippen LogP contribution in [-0.2, 0) is 4.79 Å². The largest absolute Gasteiger partial charge is 0.310 e. The number of ketones is 1. The van der Waals surface area contributed by atoms with Crippen molar-refractivity contribution in [3.63, 3.8) is 0 Å². The summed E-state index contributed by atoms with van der Waals surface area (Å²) in [6.07, 6.45) is 3.76. The molecule has 1 aromatic carbocycles. The van der Waals surface area contributed by atoms with Crippen molar-refractivity contribution in [2.45, 2.75) is 30.9 Å². The van der Waals surface area contributed by atoms with Crippen LogP contribution in [0.15, 0.2) is 24.3 Å². The zero-order chi connectivity index (χ0) is 13.2. The molecule has 1 amide bonds. The van der Waals surface area contributed by atoms with E-state index in [-0.39, 0.29) is 16.9 Å². The van der Waals surface area contributed by atoms with Gasteiger partial charge in [0.2, 0.25) is 5.91 Å². The molecule has 1 aromatic rings. The van der Waals surface area contributed by atoms with E-state index in [1.165, 1.54) is 6.42 Å². The molecule has 0 spiro atoms. The van der Waals surface area contributed by atoms with Gasteiger partial charge in [0.05, 0.1) is 10.9 Å². The lowest BCUT2D eigenvalue weighted by Crippen LogP contribution is -2.43. The molecule has 3 nitrogen and oxygen atoms in total. The second-order valence-corrected chi connectivity index (χ2v) is 6.35. The van der Waals surface area contributed by atoms with E-state index in [1.54, 1.807) is 11.8 Å². The standard InChI is InChI=1S/C15H17NO2S/c17-13-8-9-16(12-6-2-1-5-11(12)13)15(18)14-7-3-4-10-19-14/h1-2,5-6,14H,3-4,7-10H2. The molecule has 0 bridgehead atoms. The van der Waals surface area contributed by atoms with Gasteiger partial charge in [0.15, 0.2) is 5.78 Å². The summed E-state index contributed by atoms with van der Waals surface area (Å²) in [5, 5.41) is 0.0787. The third-order valence-corrected chi connectivity index (χ3v) is 5.14. The average Bonchev–Trinajstić information content (AvgIpc) is 2.48. The van der Waals surface area contributed by atoms with Gasteiger partial charge in [-0.05, 0) is 30.7 Å². The second-order valence-electron chi connectivity index (χ2n) is 5.04. The number of Topliss-reactive ketones (excluding diaryl/α,β-unsaturated/α-hetero) is 1. The molecule has 2 aliphatic heterocycles. The maximum absolute atomic E-state index is 12.6. The van der Waals surface area contributed by atoms with Crippen LogP contribution < -0.4 is 4.90 Å². The van der Waals surface area contributed by atoms with Crippen molar-refractivity contribution in [2.75, 3.05) is 17.2 Å². The molecule has 0 aromatic heterocycles. The van der Waals surface area contributed by atoms with E-state index in [2.05, 4.69) is 0 Å². The molecule has 2 heterocycles. The number of hydrogen-bond acceptors (Lipinski definition) is 3. The van der Waals surface area contributed by atoms with Gasteiger partial charge in [0.25, 0.3) is 0 Å². The fourth-order valence-corrected chi connectivity index (χ4v) is 4.01. The summed E-state index contributed by atoms with van der Waals surface area (Å²) < 4.78 is 0. The third-order valence-electron chi connectivity index (χ3n) is 3.78. The van der Waals surface area contributed by atoms with Gasteiger partial charge in [-0.1, -0.05) is 18.6 Å². The van der Waals surface area contributed by atoms with Crippen LogP contribution in [0.2, 0.25) is 0 Å². The van der Waals surface area contributed by atoms with Gasteiger partial charge in [-0.15, -0.1) is 11.8 Å². The maximum Gasteiger partial charge on any atom is 0.240 e. The zero-order valence-electron chi connectivity index (χ0n) is 10.8. The van der Waals surface area contributed by atoms with Gasteiger partial charge in [-0.3, -0.25) is 9.59 Å². The Labute approximate surface area is 117 Å². The van der Waals surface area contributed by atoms with Gasteiger partial charge in [0.1, 0.15) is 0 Å². The summed E-state index contributed by atoms with van der Waals surface area (Å²) in [4.78, 5) is 26.3. The topological polar surface area (TPSA) is 37.4 Å². The molecule has 1 saturated heterocycles. The summed E-state index contributed by atoms with van der Waals surface area (Å²) in [5.74, 6) is 1.41. The smallest absolute Gasteiger partial charge is 0.240 e. The SMILES string of the molecule is O=C1CCN(C(=O)C2CCCCS2)c2ccccc21.